The fourth-order valence-corrected chi connectivity index (χ4v) is 11.8. The molecule has 0 atom stereocenters. The van der Waals surface area contributed by atoms with Gasteiger partial charge in [-0.1, -0.05) is 213 Å². The van der Waals surface area contributed by atoms with Crippen LogP contribution < -0.4 is 14.5 Å². The number of benzene rings is 8. The van der Waals surface area contributed by atoms with Crippen LogP contribution in [0.15, 0.2) is 170 Å². The van der Waals surface area contributed by atoms with Crippen LogP contribution in [0.2, 0.25) is 0 Å². The van der Waals surface area contributed by atoms with Crippen molar-refractivity contribution in [2.24, 2.45) is 0 Å². The van der Waals surface area contributed by atoms with E-state index < -0.39 is 46.5 Å². The van der Waals surface area contributed by atoms with Gasteiger partial charge in [0.05, 0.1) is 16.4 Å². The minimum Gasteiger partial charge on any atom is -0.509 e. The van der Waals surface area contributed by atoms with E-state index in [1.807, 2.05) is 93.2 Å². The summed E-state index contributed by atoms with van der Waals surface area (Å²) in [7, 11) is 0. The first kappa shape index (κ1) is 45.2. The van der Waals surface area contributed by atoms with Crippen molar-refractivity contribution in [2.75, 3.05) is 9.80 Å². The van der Waals surface area contributed by atoms with Crippen molar-refractivity contribution >= 4 is 44.6 Å². The summed E-state index contributed by atoms with van der Waals surface area (Å²) in [4.78, 5) is 9.11. The fourth-order valence-electron chi connectivity index (χ4n) is 11.8. The Morgan fingerprint density at radius 1 is 0.536 bits per heavy atom. The number of rotatable bonds is 8. The SMILES string of the molecule is [2H]c1c([2H])c([2H])c(-c2cnc(-n3c4[c-]c(Oc5[c-]c(N6[CH-]N(c7c(-c8ccc9c(c8)C(C)(C)CCC9(C)C)cc(C(C)(C)C)cc7-c7c([2H])c(C(C)(C)C)c([2H])c(C(C)(C)C)c7[2H])c7ccccc76)ccc5)ccc4c4c([2H])c([2H])c([2H])c([2H])c43)cc2C(C)(C)C)c([2H])c1[2H].[Pt]. The number of aromatic nitrogens is 2. The van der Waals surface area contributed by atoms with E-state index >= 15 is 0 Å². The minimum atomic E-state index is -0.701. The van der Waals surface area contributed by atoms with Gasteiger partial charge in [0, 0.05) is 78.0 Å². The molecule has 3 heterocycles. The van der Waals surface area contributed by atoms with E-state index in [0.717, 1.165) is 46.6 Å². The Balaban J connectivity index is 0.00000936. The summed E-state index contributed by atoms with van der Waals surface area (Å²) < 4.78 is 118. The van der Waals surface area contributed by atoms with Crippen molar-refractivity contribution in [3.63, 3.8) is 0 Å². The maximum atomic E-state index is 10.3. The number of para-hydroxylation sites is 3. The van der Waals surface area contributed by atoms with E-state index in [1.165, 1.54) is 17.3 Å². The molecule has 0 amide bonds. The van der Waals surface area contributed by atoms with E-state index in [2.05, 4.69) is 113 Å². The molecule has 0 unspecified atom stereocenters. The van der Waals surface area contributed by atoms with Crippen LogP contribution >= 0.6 is 0 Å². The summed E-state index contributed by atoms with van der Waals surface area (Å²) in [6.07, 6.45) is 3.54. The summed E-state index contributed by atoms with van der Waals surface area (Å²) in [6, 6.07) is 34.2. The Labute approximate surface area is 532 Å². The van der Waals surface area contributed by atoms with Crippen LogP contribution in [0.3, 0.4) is 0 Å². The molecule has 0 fully saturated rings. The number of ether oxygens (including phenoxy) is 1. The van der Waals surface area contributed by atoms with Gasteiger partial charge in [0.15, 0.2) is 0 Å². The van der Waals surface area contributed by atoms with Crippen molar-refractivity contribution in [3.05, 3.63) is 222 Å². The monoisotopic (exact) mass is 1300 g/mol. The molecule has 12 rings (SSSR count). The van der Waals surface area contributed by atoms with Crippen molar-refractivity contribution in [1.82, 2.24) is 9.55 Å². The van der Waals surface area contributed by atoms with Crippen LogP contribution in [0.5, 0.6) is 11.5 Å². The van der Waals surface area contributed by atoms with Gasteiger partial charge in [0.25, 0.3) is 0 Å². The van der Waals surface area contributed by atoms with Crippen molar-refractivity contribution in [1.29, 1.82) is 0 Å². The van der Waals surface area contributed by atoms with Gasteiger partial charge in [-0.05, 0) is 137 Å². The summed E-state index contributed by atoms with van der Waals surface area (Å²) in [5, 5.41) is 0.680. The normalized spacial score (nSPS) is 17.0. The molecule has 6 heteroatoms. The third-order valence-corrected chi connectivity index (χ3v) is 16.7. The molecular formula is C78H81N4OPt-3. The van der Waals surface area contributed by atoms with Gasteiger partial charge in [-0.15, -0.1) is 48.1 Å². The molecule has 0 bridgehead atoms. The zero-order chi connectivity index (χ0) is 69.2. The third-order valence-electron chi connectivity index (χ3n) is 16.7. The predicted octanol–water partition coefficient (Wildman–Crippen LogP) is 21.5. The van der Waals surface area contributed by atoms with Crippen LogP contribution in [0.1, 0.15) is 173 Å². The molecule has 0 saturated carbocycles. The van der Waals surface area contributed by atoms with Crippen LogP contribution in [0.4, 0.5) is 22.7 Å². The minimum absolute atomic E-state index is 0. The first-order valence-corrected chi connectivity index (χ1v) is 28.9. The Bertz CT molecular complexity index is 4820. The van der Waals surface area contributed by atoms with Gasteiger partial charge in [0.1, 0.15) is 5.82 Å². The molecular weight excluding hydrogens is 1200 g/mol. The van der Waals surface area contributed by atoms with Crippen LogP contribution in [0, 0.1) is 18.8 Å². The molecule has 8 aromatic carbocycles. The first-order chi connectivity index (χ1) is 44.1. The number of fused-ring (bicyclic) bond motifs is 5. The van der Waals surface area contributed by atoms with Gasteiger partial charge in [-0.25, -0.2) is 4.98 Å². The summed E-state index contributed by atoms with van der Waals surface area (Å²) in [5.41, 5.74) is 9.84. The quantitative estimate of drug-likeness (QED) is 0.142. The second kappa shape index (κ2) is 21.1. The Morgan fingerprint density at radius 2 is 1.14 bits per heavy atom. The second-order valence-electron chi connectivity index (χ2n) is 28.0. The summed E-state index contributed by atoms with van der Waals surface area (Å²) in [5.74, 6) is 0.786. The standard InChI is InChI=1S/C78H81N4O.Pt/c1-73(2,3)53-39-52(40-54(42-53)74(4,5)6)62-44-55(75(7,8)9)43-61(51-33-36-64-66(41-51)78(15,16)38-37-77(64,13)14)72(62)81-49-80(68-31-22-23-32-69(68)81)56-27-24-28-57(45-56)83-58-34-35-60-59-29-20-21-30-67(59)82(70(60)46-58)71-47-65(76(10,11)12)63(48-79-71)50-25-18-17-19-26-50;/h17-36,39-44,47-49H,37-38H2,1-16H3;/q-3;/i17D,18D,19D,20D,21D,25D,26D,29D,30D,39D,40D,42D;. The van der Waals surface area contributed by atoms with Gasteiger partial charge >= 0.3 is 0 Å². The molecule has 0 spiro atoms. The topological polar surface area (TPSA) is 33.5 Å². The predicted molar refractivity (Wildman–Crippen MR) is 351 cm³/mol. The number of hydrogen-bond donors (Lipinski definition) is 0. The maximum Gasteiger partial charge on any atom is 0.135 e. The molecule has 5 nitrogen and oxygen atoms in total. The molecule has 84 heavy (non-hydrogen) atoms. The van der Waals surface area contributed by atoms with Crippen LogP contribution in [-0.2, 0) is 53.6 Å². The fraction of sp³-hybridized carbons (Fsp3) is 0.308. The average Bonchev–Trinajstić information content (AvgIpc) is 1.30. The smallest absolute Gasteiger partial charge is 0.135 e. The molecule has 10 aromatic rings. The van der Waals surface area contributed by atoms with Crippen LogP contribution in [0.25, 0.3) is 61.0 Å². The number of nitrogens with zero attached hydrogens (tertiary/aromatic N) is 4. The number of hydrogen-bond acceptors (Lipinski definition) is 4. The van der Waals surface area contributed by atoms with Crippen LogP contribution in [-0.4, -0.2) is 9.55 Å². The number of anilines is 4. The summed E-state index contributed by atoms with van der Waals surface area (Å²) >= 11 is 0. The zero-order valence-electron chi connectivity index (χ0n) is 63.2. The molecule has 432 valence electrons. The molecule has 1 aliphatic heterocycles. The Kier molecular flexibility index (Phi) is 11.3. The molecule has 0 saturated heterocycles. The van der Waals surface area contributed by atoms with E-state index in [1.54, 1.807) is 28.8 Å². The Hall–Kier alpha value is -7.20. The number of pyridine rings is 1. The summed E-state index contributed by atoms with van der Waals surface area (Å²) in [6.45, 7) is 36.1. The molecule has 1 aliphatic carbocycles. The zero-order valence-corrected chi connectivity index (χ0v) is 53.5. The molecule has 2 aliphatic rings. The largest absolute Gasteiger partial charge is 0.509 e. The maximum absolute atomic E-state index is 10.3. The van der Waals surface area contributed by atoms with E-state index in [0.29, 0.717) is 55.7 Å². The third kappa shape index (κ3) is 10.7. The molecule has 0 N–H and O–H groups in total. The molecule has 0 radical (unpaired) electrons. The van der Waals surface area contributed by atoms with Gasteiger partial charge < -0.3 is 19.1 Å². The van der Waals surface area contributed by atoms with E-state index in [9.17, 15) is 6.85 Å². The van der Waals surface area contributed by atoms with Gasteiger partial charge in [-0.2, -0.15) is 12.1 Å². The molecule has 2 aromatic heterocycles. The Morgan fingerprint density at radius 3 is 1.80 bits per heavy atom. The van der Waals surface area contributed by atoms with Crippen molar-refractivity contribution in [2.45, 2.75) is 156 Å². The van der Waals surface area contributed by atoms with Gasteiger partial charge in [0.2, 0.25) is 0 Å². The average molecular weight is 1300 g/mol. The van der Waals surface area contributed by atoms with Crippen molar-refractivity contribution < 1.29 is 42.3 Å². The first-order valence-electron chi connectivity index (χ1n) is 34.9. The van der Waals surface area contributed by atoms with E-state index in [-0.39, 0.29) is 108 Å². The second-order valence-corrected chi connectivity index (χ2v) is 28.0. The van der Waals surface area contributed by atoms with Gasteiger partial charge in [-0.3, -0.25) is 0 Å². The van der Waals surface area contributed by atoms with Crippen molar-refractivity contribution in [3.8, 4) is 50.7 Å². The van der Waals surface area contributed by atoms with E-state index in [4.69, 9.17) is 19.3 Å².